The van der Waals surface area contributed by atoms with Gasteiger partial charge in [-0.15, -0.1) is 0 Å². The third-order valence-electron chi connectivity index (χ3n) is 3.15. The van der Waals surface area contributed by atoms with E-state index in [0.717, 1.165) is 28.2 Å². The summed E-state index contributed by atoms with van der Waals surface area (Å²) in [5, 5.41) is 2.86. The van der Waals surface area contributed by atoms with Crippen molar-refractivity contribution in [1.29, 1.82) is 0 Å². The summed E-state index contributed by atoms with van der Waals surface area (Å²) in [6, 6.07) is 9.57. The van der Waals surface area contributed by atoms with Gasteiger partial charge in [0.1, 0.15) is 5.75 Å². The molecule has 0 aliphatic carbocycles. The van der Waals surface area contributed by atoms with E-state index < -0.39 is 0 Å². The van der Waals surface area contributed by atoms with Gasteiger partial charge >= 0.3 is 0 Å². The maximum Gasteiger partial charge on any atom is 0.262 e. The van der Waals surface area contributed by atoms with Crippen LogP contribution in [0.3, 0.4) is 0 Å². The van der Waals surface area contributed by atoms with Gasteiger partial charge in [-0.3, -0.25) is 9.78 Å². The number of nitrogens with zero attached hydrogens (tertiary/aromatic N) is 1. The fourth-order valence-corrected chi connectivity index (χ4v) is 2.24. The van der Waals surface area contributed by atoms with Crippen LogP contribution in [0, 0.1) is 27.7 Å². The van der Waals surface area contributed by atoms with Crippen molar-refractivity contribution in [2.45, 2.75) is 27.7 Å². The van der Waals surface area contributed by atoms with Crippen LogP contribution in [-0.4, -0.2) is 17.5 Å². The van der Waals surface area contributed by atoms with E-state index in [1.165, 1.54) is 0 Å². The maximum absolute atomic E-state index is 12.0. The van der Waals surface area contributed by atoms with Crippen LogP contribution in [0.1, 0.15) is 22.5 Å². The Morgan fingerprint density at radius 2 is 1.95 bits per heavy atom. The Labute approximate surface area is 125 Å². The van der Waals surface area contributed by atoms with Crippen LogP contribution >= 0.6 is 0 Å². The first kappa shape index (κ1) is 15.0. The molecule has 0 spiro atoms. The third kappa shape index (κ3) is 4.05. The predicted molar refractivity (Wildman–Crippen MR) is 83.8 cm³/mol. The zero-order chi connectivity index (χ0) is 15.4. The highest BCUT2D eigenvalue weighted by Crippen LogP contribution is 2.19. The SMILES string of the molecule is Cc1cccc(OCC(=O)Nc2c(C)cc(C)nc2C)c1. The van der Waals surface area contributed by atoms with E-state index in [9.17, 15) is 4.79 Å². The maximum atomic E-state index is 12.0. The molecule has 1 heterocycles. The molecule has 4 heteroatoms. The van der Waals surface area contributed by atoms with E-state index in [4.69, 9.17) is 4.74 Å². The molecule has 0 atom stereocenters. The molecule has 1 aromatic carbocycles. The van der Waals surface area contributed by atoms with E-state index in [0.29, 0.717) is 5.75 Å². The van der Waals surface area contributed by atoms with E-state index in [1.807, 2.05) is 58.0 Å². The van der Waals surface area contributed by atoms with E-state index in [-0.39, 0.29) is 12.5 Å². The molecule has 1 amide bonds. The van der Waals surface area contributed by atoms with Crippen molar-refractivity contribution in [3.8, 4) is 5.75 Å². The van der Waals surface area contributed by atoms with Crippen LogP contribution in [0.2, 0.25) is 0 Å². The molecule has 2 rings (SSSR count). The number of carbonyl (C=O) groups is 1. The second-order valence-electron chi connectivity index (χ2n) is 5.19. The quantitative estimate of drug-likeness (QED) is 0.937. The van der Waals surface area contributed by atoms with Crippen LogP contribution < -0.4 is 10.1 Å². The van der Waals surface area contributed by atoms with Crippen molar-refractivity contribution >= 4 is 11.6 Å². The molecule has 0 fully saturated rings. The first-order valence-corrected chi connectivity index (χ1v) is 6.90. The summed E-state index contributed by atoms with van der Waals surface area (Å²) in [4.78, 5) is 16.4. The minimum absolute atomic E-state index is 0.0176. The number of carbonyl (C=O) groups excluding carboxylic acids is 1. The number of rotatable bonds is 4. The topological polar surface area (TPSA) is 51.2 Å². The molecule has 21 heavy (non-hydrogen) atoms. The number of anilines is 1. The second kappa shape index (κ2) is 6.39. The number of amides is 1. The van der Waals surface area contributed by atoms with Gasteiger partial charge in [0.25, 0.3) is 5.91 Å². The van der Waals surface area contributed by atoms with Crippen LogP contribution in [0.25, 0.3) is 0 Å². The molecule has 0 aliphatic heterocycles. The fourth-order valence-electron chi connectivity index (χ4n) is 2.24. The molecule has 2 aromatic rings. The zero-order valence-electron chi connectivity index (χ0n) is 12.9. The minimum Gasteiger partial charge on any atom is -0.484 e. The average Bonchev–Trinajstić information content (AvgIpc) is 2.40. The summed E-state index contributed by atoms with van der Waals surface area (Å²) < 4.78 is 5.49. The lowest BCUT2D eigenvalue weighted by molar-refractivity contribution is -0.118. The molecule has 0 saturated heterocycles. The molecule has 1 aromatic heterocycles. The van der Waals surface area contributed by atoms with Crippen LogP contribution in [0.4, 0.5) is 5.69 Å². The Hall–Kier alpha value is -2.36. The number of ether oxygens (including phenoxy) is 1. The Kier molecular flexibility index (Phi) is 4.58. The standard InChI is InChI=1S/C17H20N2O2/c1-11-6-5-7-15(8-11)21-10-16(20)19-17-12(2)9-13(3)18-14(17)4/h5-9H,10H2,1-4H3,(H,19,20). The Morgan fingerprint density at radius 3 is 2.62 bits per heavy atom. The van der Waals surface area contributed by atoms with Crippen molar-refractivity contribution in [2.24, 2.45) is 0 Å². The monoisotopic (exact) mass is 284 g/mol. The largest absolute Gasteiger partial charge is 0.484 e. The molecule has 110 valence electrons. The molecule has 0 bridgehead atoms. The van der Waals surface area contributed by atoms with Crippen molar-refractivity contribution < 1.29 is 9.53 Å². The van der Waals surface area contributed by atoms with Crippen molar-refractivity contribution in [2.75, 3.05) is 11.9 Å². The number of aryl methyl sites for hydroxylation is 4. The zero-order valence-corrected chi connectivity index (χ0v) is 12.9. The predicted octanol–water partition coefficient (Wildman–Crippen LogP) is 3.33. The normalized spacial score (nSPS) is 10.3. The lowest BCUT2D eigenvalue weighted by Crippen LogP contribution is -2.21. The van der Waals surface area contributed by atoms with Crippen LogP contribution in [-0.2, 0) is 4.79 Å². The minimum atomic E-state index is -0.187. The molecule has 0 unspecified atom stereocenters. The molecule has 0 saturated carbocycles. The number of aromatic nitrogens is 1. The summed E-state index contributed by atoms with van der Waals surface area (Å²) in [6.45, 7) is 7.75. The van der Waals surface area contributed by atoms with Crippen molar-refractivity contribution in [1.82, 2.24) is 4.98 Å². The van der Waals surface area contributed by atoms with Crippen LogP contribution in [0.15, 0.2) is 30.3 Å². The first-order valence-electron chi connectivity index (χ1n) is 6.90. The van der Waals surface area contributed by atoms with E-state index >= 15 is 0 Å². The molecule has 0 radical (unpaired) electrons. The van der Waals surface area contributed by atoms with Gasteiger partial charge in [-0.2, -0.15) is 0 Å². The number of nitrogens with one attached hydrogen (secondary N) is 1. The van der Waals surface area contributed by atoms with Gasteiger partial charge in [-0.25, -0.2) is 0 Å². The Morgan fingerprint density at radius 1 is 1.19 bits per heavy atom. The number of benzene rings is 1. The van der Waals surface area contributed by atoms with Gasteiger partial charge in [-0.05, 0) is 57.0 Å². The van der Waals surface area contributed by atoms with E-state index in [1.54, 1.807) is 0 Å². The molecular formula is C17H20N2O2. The van der Waals surface area contributed by atoms with Crippen molar-refractivity contribution in [3.63, 3.8) is 0 Å². The van der Waals surface area contributed by atoms with Gasteiger partial charge in [0.05, 0.1) is 11.4 Å². The van der Waals surface area contributed by atoms with Gasteiger partial charge in [0.15, 0.2) is 6.61 Å². The van der Waals surface area contributed by atoms with Crippen molar-refractivity contribution in [3.05, 3.63) is 52.8 Å². The Balaban J connectivity index is 1.99. The summed E-state index contributed by atoms with van der Waals surface area (Å²) in [7, 11) is 0. The third-order valence-corrected chi connectivity index (χ3v) is 3.15. The molecule has 0 aliphatic rings. The summed E-state index contributed by atoms with van der Waals surface area (Å²) in [5.74, 6) is 0.508. The average molecular weight is 284 g/mol. The van der Waals surface area contributed by atoms with Gasteiger partial charge in [-0.1, -0.05) is 12.1 Å². The van der Waals surface area contributed by atoms with Crippen LogP contribution in [0.5, 0.6) is 5.75 Å². The highest BCUT2D eigenvalue weighted by atomic mass is 16.5. The van der Waals surface area contributed by atoms with Gasteiger partial charge in [0, 0.05) is 5.69 Å². The summed E-state index contributed by atoms with van der Waals surface area (Å²) in [6.07, 6.45) is 0. The van der Waals surface area contributed by atoms with Gasteiger partial charge in [0.2, 0.25) is 0 Å². The highest BCUT2D eigenvalue weighted by Gasteiger charge is 2.10. The number of pyridine rings is 1. The van der Waals surface area contributed by atoms with Gasteiger partial charge < -0.3 is 10.1 Å². The Bertz CT molecular complexity index is 643. The number of hydrogen-bond donors (Lipinski definition) is 1. The smallest absolute Gasteiger partial charge is 0.262 e. The number of hydrogen-bond acceptors (Lipinski definition) is 3. The first-order chi connectivity index (χ1) is 9.95. The fraction of sp³-hybridized carbons (Fsp3) is 0.294. The second-order valence-corrected chi connectivity index (χ2v) is 5.19. The summed E-state index contributed by atoms with van der Waals surface area (Å²) >= 11 is 0. The molecule has 4 nitrogen and oxygen atoms in total. The highest BCUT2D eigenvalue weighted by molar-refractivity contribution is 5.93. The lowest BCUT2D eigenvalue weighted by atomic mass is 10.1. The lowest BCUT2D eigenvalue weighted by Gasteiger charge is -2.12. The molecular weight excluding hydrogens is 264 g/mol. The summed E-state index contributed by atoms with van der Waals surface area (Å²) in [5.41, 5.74) is 4.63. The molecule has 1 N–H and O–H groups in total. The van der Waals surface area contributed by atoms with E-state index in [2.05, 4.69) is 10.3 Å².